The maximum absolute atomic E-state index is 12.8. The van der Waals surface area contributed by atoms with Crippen LogP contribution in [0.25, 0.3) is 0 Å². The van der Waals surface area contributed by atoms with E-state index in [-0.39, 0.29) is 29.6 Å². The molecule has 0 spiro atoms. The number of benzene rings is 2. The van der Waals surface area contributed by atoms with Gasteiger partial charge in [0.2, 0.25) is 10.0 Å². The third-order valence-corrected chi connectivity index (χ3v) is 7.78. The number of nitro benzene ring substituents is 1. The van der Waals surface area contributed by atoms with Gasteiger partial charge in [-0.2, -0.15) is 4.31 Å². The number of hydrogen-bond acceptors (Lipinski definition) is 7. The number of ether oxygens (including phenoxy) is 1. The van der Waals surface area contributed by atoms with Crippen molar-refractivity contribution in [3.05, 3.63) is 58.1 Å². The van der Waals surface area contributed by atoms with Crippen molar-refractivity contribution in [2.75, 3.05) is 51.3 Å². The van der Waals surface area contributed by atoms with Gasteiger partial charge in [0.05, 0.1) is 16.9 Å². The highest BCUT2D eigenvalue weighted by atomic mass is 32.2. The van der Waals surface area contributed by atoms with E-state index in [4.69, 9.17) is 4.74 Å². The molecule has 0 unspecified atom stereocenters. The summed E-state index contributed by atoms with van der Waals surface area (Å²) in [6.45, 7) is 5.56. The van der Waals surface area contributed by atoms with Crippen LogP contribution in [0.15, 0.2) is 47.4 Å². The molecule has 3 rings (SSSR count). The summed E-state index contributed by atoms with van der Waals surface area (Å²) in [7, 11) is -2.26. The molecule has 0 aliphatic carbocycles. The molecule has 0 atom stereocenters. The second kappa shape index (κ2) is 10.2. The molecule has 0 N–H and O–H groups in total. The Morgan fingerprint density at radius 3 is 2.18 bits per heavy atom. The van der Waals surface area contributed by atoms with Gasteiger partial charge in [0, 0.05) is 50.9 Å². The number of carbonyl (C=O) groups excluding carboxylic acids is 1. The smallest absolute Gasteiger partial charge is 0.293 e. The lowest BCUT2D eigenvalue weighted by atomic mass is 10.1. The van der Waals surface area contributed by atoms with Gasteiger partial charge in [-0.3, -0.25) is 14.9 Å². The summed E-state index contributed by atoms with van der Waals surface area (Å²) in [6, 6.07) is 10.9. The summed E-state index contributed by atoms with van der Waals surface area (Å²) >= 11 is 0. The minimum absolute atomic E-state index is 0.102. The Morgan fingerprint density at radius 1 is 1.06 bits per heavy atom. The molecule has 1 aliphatic rings. The Labute approximate surface area is 193 Å². The van der Waals surface area contributed by atoms with Gasteiger partial charge in [-0.1, -0.05) is 13.8 Å². The van der Waals surface area contributed by atoms with Gasteiger partial charge in [0.1, 0.15) is 11.4 Å². The predicted molar refractivity (Wildman–Crippen MR) is 124 cm³/mol. The van der Waals surface area contributed by atoms with Crippen molar-refractivity contribution >= 4 is 27.3 Å². The lowest BCUT2D eigenvalue weighted by Gasteiger charge is -2.36. The van der Waals surface area contributed by atoms with Gasteiger partial charge in [-0.25, -0.2) is 8.42 Å². The highest BCUT2D eigenvalue weighted by Crippen LogP contribution is 2.32. The van der Waals surface area contributed by atoms with Crippen LogP contribution in [-0.4, -0.2) is 74.8 Å². The second-order valence-corrected chi connectivity index (χ2v) is 9.44. The van der Waals surface area contributed by atoms with Crippen molar-refractivity contribution in [3.63, 3.8) is 0 Å². The monoisotopic (exact) mass is 476 g/mol. The Balaban J connectivity index is 1.78. The van der Waals surface area contributed by atoms with Crippen LogP contribution >= 0.6 is 0 Å². The molecular formula is C22H28N4O6S. The first-order valence-corrected chi connectivity index (χ1v) is 12.1. The standard InChI is InChI=1S/C22H28N4O6S/c1-4-25(5-2)33(30,31)19-10-11-20(21(16-19)26(28)29)23-12-14-24(15-13-23)22(27)17-6-8-18(32-3)9-7-17/h6-11,16H,4-5,12-15H2,1-3H3. The Kier molecular flexibility index (Phi) is 7.54. The normalized spacial score (nSPS) is 14.4. The quantitative estimate of drug-likeness (QED) is 0.425. The third kappa shape index (κ3) is 5.09. The summed E-state index contributed by atoms with van der Waals surface area (Å²) in [6.07, 6.45) is 0. The topological polar surface area (TPSA) is 113 Å². The van der Waals surface area contributed by atoms with E-state index in [2.05, 4.69) is 0 Å². The van der Waals surface area contributed by atoms with Crippen LogP contribution < -0.4 is 9.64 Å². The molecule has 1 amide bonds. The zero-order valence-electron chi connectivity index (χ0n) is 18.9. The van der Waals surface area contributed by atoms with E-state index in [1.807, 2.05) is 4.90 Å². The summed E-state index contributed by atoms with van der Waals surface area (Å²) < 4.78 is 32.0. The van der Waals surface area contributed by atoms with Crippen LogP contribution in [-0.2, 0) is 10.0 Å². The molecule has 1 aliphatic heterocycles. The number of rotatable bonds is 8. The van der Waals surface area contributed by atoms with Crippen LogP contribution in [0.2, 0.25) is 0 Å². The van der Waals surface area contributed by atoms with Gasteiger partial charge in [0.25, 0.3) is 11.6 Å². The predicted octanol–water partition coefficient (Wildman–Crippen LogP) is 2.60. The SMILES string of the molecule is CCN(CC)S(=O)(=O)c1ccc(N2CCN(C(=O)c3ccc(OC)cc3)CC2)c([N+](=O)[O-])c1. The molecule has 0 saturated carbocycles. The molecule has 1 saturated heterocycles. The number of anilines is 1. The van der Waals surface area contributed by atoms with Crippen molar-refractivity contribution in [3.8, 4) is 5.75 Å². The van der Waals surface area contributed by atoms with E-state index in [1.54, 1.807) is 50.1 Å². The summed E-state index contributed by atoms with van der Waals surface area (Å²) in [4.78, 5) is 27.4. The van der Waals surface area contributed by atoms with Crippen LogP contribution in [0.5, 0.6) is 5.75 Å². The molecule has 2 aromatic rings. The molecule has 10 nitrogen and oxygen atoms in total. The molecule has 178 valence electrons. The first-order chi connectivity index (χ1) is 15.7. The Hall–Kier alpha value is -3.18. The minimum atomic E-state index is -3.81. The van der Waals surface area contributed by atoms with Crippen LogP contribution in [0, 0.1) is 10.1 Å². The van der Waals surface area contributed by atoms with Gasteiger partial charge in [0.15, 0.2) is 0 Å². The highest BCUT2D eigenvalue weighted by Gasteiger charge is 2.29. The number of nitrogens with zero attached hydrogens (tertiary/aromatic N) is 4. The Bertz CT molecular complexity index is 1110. The number of sulfonamides is 1. The van der Waals surface area contributed by atoms with Crippen molar-refractivity contribution in [1.29, 1.82) is 0 Å². The number of nitro groups is 1. The fourth-order valence-corrected chi connectivity index (χ4v) is 5.34. The van der Waals surface area contributed by atoms with Crippen LogP contribution in [0.3, 0.4) is 0 Å². The van der Waals surface area contributed by atoms with E-state index >= 15 is 0 Å². The lowest BCUT2D eigenvalue weighted by Crippen LogP contribution is -2.49. The molecule has 0 aromatic heterocycles. The van der Waals surface area contributed by atoms with Gasteiger partial charge in [-0.05, 0) is 36.4 Å². The number of hydrogen-bond donors (Lipinski definition) is 0. The van der Waals surface area contributed by atoms with Crippen LogP contribution in [0.4, 0.5) is 11.4 Å². The Morgan fingerprint density at radius 2 is 1.67 bits per heavy atom. The van der Waals surface area contributed by atoms with Crippen molar-refractivity contribution in [2.45, 2.75) is 18.7 Å². The first-order valence-electron chi connectivity index (χ1n) is 10.7. The van der Waals surface area contributed by atoms with E-state index < -0.39 is 14.9 Å². The molecular weight excluding hydrogens is 448 g/mol. The molecule has 33 heavy (non-hydrogen) atoms. The second-order valence-electron chi connectivity index (χ2n) is 7.50. The van der Waals surface area contributed by atoms with Crippen LogP contribution in [0.1, 0.15) is 24.2 Å². The van der Waals surface area contributed by atoms with Gasteiger partial charge >= 0.3 is 0 Å². The average molecular weight is 477 g/mol. The fraction of sp³-hybridized carbons (Fsp3) is 0.409. The summed E-state index contributed by atoms with van der Waals surface area (Å²) in [5, 5.41) is 11.8. The fourth-order valence-electron chi connectivity index (χ4n) is 3.86. The minimum Gasteiger partial charge on any atom is -0.497 e. The van der Waals surface area contributed by atoms with E-state index in [0.717, 1.165) is 6.07 Å². The number of methoxy groups -OCH3 is 1. The van der Waals surface area contributed by atoms with Crippen molar-refractivity contribution in [1.82, 2.24) is 9.21 Å². The number of carbonyl (C=O) groups is 1. The zero-order chi connectivity index (χ0) is 24.2. The summed E-state index contributed by atoms with van der Waals surface area (Å²) in [5.41, 5.74) is 0.620. The molecule has 11 heteroatoms. The van der Waals surface area contributed by atoms with Crippen molar-refractivity contribution < 1.29 is 22.9 Å². The van der Waals surface area contributed by atoms with Gasteiger partial charge in [-0.15, -0.1) is 0 Å². The number of amides is 1. The van der Waals surface area contributed by atoms with E-state index in [0.29, 0.717) is 43.2 Å². The van der Waals surface area contributed by atoms with E-state index in [9.17, 15) is 23.3 Å². The van der Waals surface area contributed by atoms with Gasteiger partial charge < -0.3 is 14.5 Å². The molecule has 2 aromatic carbocycles. The number of piperazine rings is 1. The largest absolute Gasteiger partial charge is 0.497 e. The lowest BCUT2D eigenvalue weighted by molar-refractivity contribution is -0.384. The molecule has 0 radical (unpaired) electrons. The molecule has 0 bridgehead atoms. The molecule has 1 fully saturated rings. The van der Waals surface area contributed by atoms with E-state index in [1.165, 1.54) is 16.4 Å². The first kappa shape index (κ1) is 24.5. The average Bonchev–Trinajstić information content (AvgIpc) is 2.84. The highest BCUT2D eigenvalue weighted by molar-refractivity contribution is 7.89. The third-order valence-electron chi connectivity index (χ3n) is 5.73. The zero-order valence-corrected chi connectivity index (χ0v) is 19.7. The maximum atomic E-state index is 12.8. The summed E-state index contributed by atoms with van der Waals surface area (Å²) in [5.74, 6) is 0.544. The molecule has 1 heterocycles. The maximum Gasteiger partial charge on any atom is 0.293 e. The van der Waals surface area contributed by atoms with Crippen molar-refractivity contribution in [2.24, 2.45) is 0 Å².